The Bertz CT molecular complexity index is 575. The van der Waals surface area contributed by atoms with Crippen molar-refractivity contribution in [3.05, 3.63) is 34.5 Å². The molecule has 0 saturated heterocycles. The number of hydrogen-bond donors (Lipinski definition) is 1. The number of rotatable bonds is 1. The minimum absolute atomic E-state index is 0.0241. The number of hydrogen-bond acceptors (Lipinski definition) is 4. The third kappa shape index (κ3) is 1.48. The number of carbonyl (C=O) groups is 1. The molecule has 1 aromatic carbocycles. The van der Waals surface area contributed by atoms with E-state index in [1.54, 1.807) is 0 Å². The summed E-state index contributed by atoms with van der Waals surface area (Å²) in [6.45, 7) is 0. The van der Waals surface area contributed by atoms with Gasteiger partial charge in [0.2, 0.25) is 0 Å². The molecular formula is C9H8N4O3. The minimum Gasteiger partial charge on any atom is -0.339 e. The number of nitro benzene ring substituents is 1. The van der Waals surface area contributed by atoms with E-state index < -0.39 is 4.92 Å². The number of nitro groups is 1. The van der Waals surface area contributed by atoms with Gasteiger partial charge in [0, 0.05) is 24.6 Å². The highest BCUT2D eigenvalue weighted by Gasteiger charge is 2.12. The summed E-state index contributed by atoms with van der Waals surface area (Å²) < 4.78 is 1.15. The van der Waals surface area contributed by atoms with E-state index in [1.807, 2.05) is 0 Å². The van der Waals surface area contributed by atoms with Crippen LogP contribution in [0.2, 0.25) is 0 Å². The Morgan fingerprint density at radius 2 is 2.31 bits per heavy atom. The van der Waals surface area contributed by atoms with Gasteiger partial charge in [-0.3, -0.25) is 10.1 Å². The summed E-state index contributed by atoms with van der Waals surface area (Å²) in [5, 5.41) is 17.4. The smallest absolute Gasteiger partial charge is 0.339 e. The van der Waals surface area contributed by atoms with Crippen molar-refractivity contribution in [1.29, 1.82) is 0 Å². The zero-order valence-electron chi connectivity index (χ0n) is 8.38. The number of benzene rings is 1. The van der Waals surface area contributed by atoms with Crippen molar-refractivity contribution in [1.82, 2.24) is 15.1 Å². The van der Waals surface area contributed by atoms with Crippen LogP contribution in [-0.2, 0) is 0 Å². The van der Waals surface area contributed by atoms with Crippen LogP contribution >= 0.6 is 0 Å². The third-order valence-corrected chi connectivity index (χ3v) is 2.17. The number of nitrogens with one attached hydrogen (secondary N) is 1. The van der Waals surface area contributed by atoms with Crippen LogP contribution in [0.4, 0.5) is 10.5 Å². The number of carbonyl (C=O) groups excluding carboxylic acids is 1. The molecule has 0 spiro atoms. The van der Waals surface area contributed by atoms with Crippen LogP contribution in [0.1, 0.15) is 0 Å². The number of fused-ring (bicyclic) bond motifs is 1. The maximum Gasteiger partial charge on any atom is 0.342 e. The molecule has 2 rings (SSSR count). The first-order chi connectivity index (χ1) is 7.63. The van der Waals surface area contributed by atoms with Gasteiger partial charge in [0.1, 0.15) is 0 Å². The Hall–Kier alpha value is -2.44. The second-order valence-electron chi connectivity index (χ2n) is 3.11. The highest BCUT2D eigenvalue weighted by Crippen LogP contribution is 2.20. The van der Waals surface area contributed by atoms with Gasteiger partial charge < -0.3 is 5.32 Å². The van der Waals surface area contributed by atoms with E-state index >= 15 is 0 Å². The molecule has 0 aliphatic carbocycles. The van der Waals surface area contributed by atoms with E-state index in [0.717, 1.165) is 4.68 Å². The molecule has 1 aromatic heterocycles. The fourth-order valence-electron chi connectivity index (χ4n) is 1.40. The van der Waals surface area contributed by atoms with Crippen molar-refractivity contribution in [3.63, 3.8) is 0 Å². The van der Waals surface area contributed by atoms with E-state index in [2.05, 4.69) is 10.4 Å². The van der Waals surface area contributed by atoms with Crippen molar-refractivity contribution in [3.8, 4) is 0 Å². The lowest BCUT2D eigenvalue weighted by molar-refractivity contribution is -0.384. The summed E-state index contributed by atoms with van der Waals surface area (Å²) in [5.74, 6) is 0. The average molecular weight is 220 g/mol. The van der Waals surface area contributed by atoms with Gasteiger partial charge in [0.25, 0.3) is 5.69 Å². The Balaban J connectivity index is 2.59. The Morgan fingerprint density at radius 3 is 2.94 bits per heavy atom. The molecule has 0 saturated carbocycles. The number of nitrogens with zero attached hydrogens (tertiary/aromatic N) is 3. The monoisotopic (exact) mass is 220 g/mol. The van der Waals surface area contributed by atoms with Gasteiger partial charge in [-0.1, -0.05) is 0 Å². The van der Waals surface area contributed by atoms with E-state index in [0.29, 0.717) is 10.9 Å². The van der Waals surface area contributed by atoms with E-state index in [4.69, 9.17) is 0 Å². The molecule has 82 valence electrons. The van der Waals surface area contributed by atoms with Crippen LogP contribution in [0.3, 0.4) is 0 Å². The summed E-state index contributed by atoms with van der Waals surface area (Å²) in [4.78, 5) is 21.4. The van der Waals surface area contributed by atoms with Crippen LogP contribution in [0, 0.1) is 10.1 Å². The summed E-state index contributed by atoms with van der Waals surface area (Å²) in [6.07, 6.45) is 1.41. The molecular weight excluding hydrogens is 212 g/mol. The zero-order valence-corrected chi connectivity index (χ0v) is 8.38. The van der Waals surface area contributed by atoms with E-state index in [1.165, 1.54) is 31.4 Å². The maximum atomic E-state index is 11.4. The van der Waals surface area contributed by atoms with Crippen molar-refractivity contribution in [2.75, 3.05) is 7.05 Å². The standard InChI is InChI=1S/C9H8N4O3/c1-10-9(14)12-8-3-2-7(13(15)16)4-6(8)5-11-12/h2-5H,1H3,(H,10,14). The summed E-state index contributed by atoms with van der Waals surface area (Å²) in [7, 11) is 1.49. The van der Waals surface area contributed by atoms with Crippen LogP contribution in [0.25, 0.3) is 10.9 Å². The van der Waals surface area contributed by atoms with E-state index in [9.17, 15) is 14.9 Å². The van der Waals surface area contributed by atoms with Crippen molar-refractivity contribution >= 4 is 22.6 Å². The first-order valence-corrected chi connectivity index (χ1v) is 4.48. The zero-order chi connectivity index (χ0) is 11.7. The second-order valence-corrected chi connectivity index (χ2v) is 3.11. The Labute approximate surface area is 89.8 Å². The van der Waals surface area contributed by atoms with Crippen LogP contribution < -0.4 is 5.32 Å². The molecule has 1 heterocycles. The quantitative estimate of drug-likeness (QED) is 0.576. The lowest BCUT2D eigenvalue weighted by Crippen LogP contribution is -2.25. The first-order valence-electron chi connectivity index (χ1n) is 4.48. The van der Waals surface area contributed by atoms with Crippen LogP contribution in [0.5, 0.6) is 0 Å². The van der Waals surface area contributed by atoms with Crippen molar-refractivity contribution < 1.29 is 9.72 Å². The highest BCUT2D eigenvalue weighted by molar-refractivity contribution is 5.90. The maximum absolute atomic E-state index is 11.4. The lowest BCUT2D eigenvalue weighted by atomic mass is 10.2. The molecule has 1 N–H and O–H groups in total. The first kappa shape index (κ1) is 10.1. The second kappa shape index (κ2) is 3.61. The molecule has 7 heteroatoms. The van der Waals surface area contributed by atoms with E-state index in [-0.39, 0.29) is 11.7 Å². The van der Waals surface area contributed by atoms with Gasteiger partial charge >= 0.3 is 6.03 Å². The van der Waals surface area contributed by atoms with Crippen molar-refractivity contribution in [2.45, 2.75) is 0 Å². The largest absolute Gasteiger partial charge is 0.342 e. The Morgan fingerprint density at radius 1 is 1.56 bits per heavy atom. The highest BCUT2D eigenvalue weighted by atomic mass is 16.6. The number of aromatic nitrogens is 2. The van der Waals surface area contributed by atoms with Gasteiger partial charge in [-0.25, -0.2) is 4.79 Å². The molecule has 0 radical (unpaired) electrons. The summed E-state index contributed by atoms with van der Waals surface area (Å²) in [5.41, 5.74) is 0.508. The van der Waals surface area contributed by atoms with Crippen molar-refractivity contribution in [2.24, 2.45) is 0 Å². The molecule has 0 atom stereocenters. The van der Waals surface area contributed by atoms with Gasteiger partial charge in [0.15, 0.2) is 0 Å². The molecule has 0 fully saturated rings. The SMILES string of the molecule is CNC(=O)n1ncc2cc([N+](=O)[O-])ccc21. The molecule has 0 bridgehead atoms. The van der Waals surface area contributed by atoms with Gasteiger partial charge in [0.05, 0.1) is 16.6 Å². The predicted octanol–water partition coefficient (Wildman–Crippen LogP) is 1.13. The molecule has 0 aliphatic rings. The number of non-ortho nitro benzene ring substituents is 1. The fraction of sp³-hybridized carbons (Fsp3) is 0.111. The normalized spacial score (nSPS) is 10.3. The van der Waals surface area contributed by atoms with Crippen LogP contribution in [0.15, 0.2) is 24.4 Å². The van der Waals surface area contributed by atoms with Gasteiger partial charge in [-0.05, 0) is 6.07 Å². The number of amides is 1. The molecule has 1 amide bonds. The Kier molecular flexibility index (Phi) is 2.28. The minimum atomic E-state index is -0.489. The van der Waals surface area contributed by atoms with Gasteiger partial charge in [-0.2, -0.15) is 9.78 Å². The topological polar surface area (TPSA) is 90.1 Å². The molecule has 16 heavy (non-hydrogen) atoms. The third-order valence-electron chi connectivity index (χ3n) is 2.17. The predicted molar refractivity (Wildman–Crippen MR) is 56.2 cm³/mol. The summed E-state index contributed by atoms with van der Waals surface area (Å²) >= 11 is 0. The fourth-order valence-corrected chi connectivity index (χ4v) is 1.40. The molecule has 2 aromatic rings. The van der Waals surface area contributed by atoms with Crippen LogP contribution in [-0.4, -0.2) is 27.8 Å². The molecule has 7 nitrogen and oxygen atoms in total. The average Bonchev–Trinajstić information content (AvgIpc) is 2.70. The van der Waals surface area contributed by atoms with Gasteiger partial charge in [-0.15, -0.1) is 0 Å². The summed E-state index contributed by atoms with van der Waals surface area (Å²) in [6, 6.07) is 3.82. The molecule has 0 unspecified atom stereocenters. The molecule has 0 aliphatic heterocycles. The lowest BCUT2D eigenvalue weighted by Gasteiger charge is -1.99.